The standard InChI is InChI=1S/C23H34N6O4/c1-28-13-6-10-18(28)22(32)29-14-11-16(27-23(33)25-15-7-3-2-4-8-15)19(29)21(31)26-17-9-5-12-24-20(17)30/h6,10,13,15-17,19H,2-5,7-9,11-12,14H2,1H3,(H,24,30)(H,26,31)(H2,25,27,33)/t16-,17-,19-/m0/s1. The van der Waals surface area contributed by atoms with Crippen molar-refractivity contribution in [3.05, 3.63) is 24.0 Å². The van der Waals surface area contributed by atoms with Gasteiger partial charge in [-0.1, -0.05) is 19.3 Å². The molecule has 1 aromatic heterocycles. The van der Waals surface area contributed by atoms with E-state index in [1.54, 1.807) is 29.9 Å². The van der Waals surface area contributed by atoms with Crippen LogP contribution in [0.15, 0.2) is 18.3 Å². The topological polar surface area (TPSA) is 125 Å². The number of hydrogen-bond donors (Lipinski definition) is 4. The van der Waals surface area contributed by atoms with Gasteiger partial charge in [-0.15, -0.1) is 0 Å². The Balaban J connectivity index is 1.48. The largest absolute Gasteiger partial charge is 0.354 e. The Morgan fingerprint density at radius 2 is 1.79 bits per heavy atom. The molecule has 5 amide bonds. The van der Waals surface area contributed by atoms with Crippen molar-refractivity contribution in [2.24, 2.45) is 7.05 Å². The summed E-state index contributed by atoms with van der Waals surface area (Å²) in [5.41, 5.74) is 0.468. The Labute approximate surface area is 193 Å². The molecule has 3 heterocycles. The van der Waals surface area contributed by atoms with E-state index in [0.717, 1.165) is 32.1 Å². The van der Waals surface area contributed by atoms with Crippen LogP contribution in [0.4, 0.5) is 4.79 Å². The molecule has 4 N–H and O–H groups in total. The van der Waals surface area contributed by atoms with E-state index >= 15 is 0 Å². The van der Waals surface area contributed by atoms with Gasteiger partial charge in [0.15, 0.2) is 0 Å². The second-order valence-corrected chi connectivity index (χ2v) is 9.29. The molecule has 0 spiro atoms. The molecule has 10 nitrogen and oxygen atoms in total. The van der Waals surface area contributed by atoms with Crippen LogP contribution in [0.3, 0.4) is 0 Å². The first-order chi connectivity index (χ1) is 15.9. The Hall–Kier alpha value is -3.04. The lowest BCUT2D eigenvalue weighted by atomic mass is 9.96. The third-order valence-corrected chi connectivity index (χ3v) is 6.95. The summed E-state index contributed by atoms with van der Waals surface area (Å²) in [6.45, 7) is 0.936. The molecule has 0 bridgehead atoms. The second-order valence-electron chi connectivity index (χ2n) is 9.29. The molecular formula is C23H34N6O4. The molecule has 2 saturated heterocycles. The highest BCUT2D eigenvalue weighted by atomic mass is 16.2. The minimum atomic E-state index is -0.890. The number of piperidine rings is 1. The number of aryl methyl sites for hydroxylation is 1. The Morgan fingerprint density at radius 3 is 2.48 bits per heavy atom. The van der Waals surface area contributed by atoms with E-state index in [1.807, 2.05) is 0 Å². The van der Waals surface area contributed by atoms with E-state index in [4.69, 9.17) is 0 Å². The molecule has 180 valence electrons. The number of nitrogens with zero attached hydrogens (tertiary/aromatic N) is 2. The predicted molar refractivity (Wildman–Crippen MR) is 121 cm³/mol. The monoisotopic (exact) mass is 458 g/mol. The zero-order valence-corrected chi connectivity index (χ0v) is 19.1. The van der Waals surface area contributed by atoms with E-state index in [-0.39, 0.29) is 23.9 Å². The van der Waals surface area contributed by atoms with Gasteiger partial charge in [-0.3, -0.25) is 14.4 Å². The number of nitrogens with one attached hydrogen (secondary N) is 4. The van der Waals surface area contributed by atoms with Gasteiger partial charge in [0, 0.05) is 32.4 Å². The van der Waals surface area contributed by atoms with Gasteiger partial charge in [-0.05, 0) is 44.2 Å². The van der Waals surface area contributed by atoms with Crippen LogP contribution in [-0.2, 0) is 16.6 Å². The highest BCUT2D eigenvalue weighted by Crippen LogP contribution is 2.23. The van der Waals surface area contributed by atoms with Gasteiger partial charge in [0.2, 0.25) is 11.8 Å². The van der Waals surface area contributed by atoms with Gasteiger partial charge in [0.25, 0.3) is 5.91 Å². The van der Waals surface area contributed by atoms with Crippen LogP contribution in [0.1, 0.15) is 61.9 Å². The zero-order chi connectivity index (χ0) is 23.4. The van der Waals surface area contributed by atoms with Crippen molar-refractivity contribution in [1.82, 2.24) is 30.7 Å². The van der Waals surface area contributed by atoms with E-state index in [9.17, 15) is 19.2 Å². The number of rotatable bonds is 5. The molecule has 1 aliphatic carbocycles. The lowest BCUT2D eigenvalue weighted by Crippen LogP contribution is -2.60. The summed E-state index contributed by atoms with van der Waals surface area (Å²) in [4.78, 5) is 53.0. The summed E-state index contributed by atoms with van der Waals surface area (Å²) in [5.74, 6) is -0.903. The molecule has 2 aliphatic heterocycles. The smallest absolute Gasteiger partial charge is 0.315 e. The molecule has 0 radical (unpaired) electrons. The van der Waals surface area contributed by atoms with Crippen LogP contribution < -0.4 is 21.3 Å². The maximum Gasteiger partial charge on any atom is 0.315 e. The summed E-state index contributed by atoms with van der Waals surface area (Å²) >= 11 is 0. The number of urea groups is 1. The fourth-order valence-electron chi connectivity index (χ4n) is 5.14. The van der Waals surface area contributed by atoms with Gasteiger partial charge in [-0.2, -0.15) is 0 Å². The molecule has 1 saturated carbocycles. The average molecular weight is 459 g/mol. The molecule has 0 aromatic carbocycles. The van der Waals surface area contributed by atoms with Crippen molar-refractivity contribution >= 4 is 23.8 Å². The summed E-state index contributed by atoms with van der Waals surface area (Å²) in [5, 5.41) is 11.5. The minimum absolute atomic E-state index is 0.138. The SMILES string of the molecule is Cn1cccc1C(=O)N1CC[C@H](NC(=O)NC2CCCCC2)[C@H]1C(=O)N[C@H]1CCCNC1=O. The highest BCUT2D eigenvalue weighted by Gasteiger charge is 2.44. The first-order valence-corrected chi connectivity index (χ1v) is 12.0. The lowest BCUT2D eigenvalue weighted by Gasteiger charge is -2.31. The highest BCUT2D eigenvalue weighted by molar-refractivity contribution is 5.98. The molecule has 3 atom stereocenters. The molecule has 3 aliphatic rings. The predicted octanol–water partition coefficient (Wildman–Crippen LogP) is 0.635. The number of amides is 5. The summed E-state index contributed by atoms with van der Waals surface area (Å²) in [7, 11) is 1.78. The number of likely N-dealkylation sites (tertiary alicyclic amines) is 1. The summed E-state index contributed by atoms with van der Waals surface area (Å²) < 4.78 is 1.71. The molecule has 0 unspecified atom stereocenters. The number of hydrogen-bond acceptors (Lipinski definition) is 4. The van der Waals surface area contributed by atoms with Crippen LogP contribution in [0.2, 0.25) is 0 Å². The van der Waals surface area contributed by atoms with Crippen molar-refractivity contribution in [1.29, 1.82) is 0 Å². The number of carbonyl (C=O) groups is 4. The van der Waals surface area contributed by atoms with Crippen molar-refractivity contribution in [3.8, 4) is 0 Å². The van der Waals surface area contributed by atoms with Crippen LogP contribution in [0.5, 0.6) is 0 Å². The van der Waals surface area contributed by atoms with Gasteiger partial charge in [-0.25, -0.2) is 4.79 Å². The minimum Gasteiger partial charge on any atom is -0.354 e. The second kappa shape index (κ2) is 10.3. The van der Waals surface area contributed by atoms with Gasteiger partial charge in [0.1, 0.15) is 17.8 Å². The normalized spacial score (nSPS) is 25.9. The van der Waals surface area contributed by atoms with Gasteiger partial charge in [0.05, 0.1) is 6.04 Å². The fourth-order valence-corrected chi connectivity index (χ4v) is 5.14. The molecule has 10 heteroatoms. The molecule has 1 aromatic rings. The van der Waals surface area contributed by atoms with Crippen LogP contribution in [0, 0.1) is 0 Å². The van der Waals surface area contributed by atoms with Gasteiger partial charge < -0.3 is 30.7 Å². The maximum absolute atomic E-state index is 13.3. The molecule has 3 fully saturated rings. The third-order valence-electron chi connectivity index (χ3n) is 6.95. The zero-order valence-electron chi connectivity index (χ0n) is 19.1. The van der Waals surface area contributed by atoms with Crippen molar-refractivity contribution < 1.29 is 19.2 Å². The number of aromatic nitrogens is 1. The van der Waals surface area contributed by atoms with E-state index in [2.05, 4.69) is 21.3 Å². The molecule has 33 heavy (non-hydrogen) atoms. The van der Waals surface area contributed by atoms with Gasteiger partial charge >= 0.3 is 6.03 Å². The van der Waals surface area contributed by atoms with Crippen LogP contribution in [0.25, 0.3) is 0 Å². The number of carbonyl (C=O) groups excluding carboxylic acids is 4. The Kier molecular flexibility index (Phi) is 7.20. The van der Waals surface area contributed by atoms with Crippen molar-refractivity contribution in [2.45, 2.75) is 75.5 Å². The third kappa shape index (κ3) is 5.31. The van der Waals surface area contributed by atoms with Crippen LogP contribution in [-0.4, -0.2) is 70.5 Å². The average Bonchev–Trinajstić information content (AvgIpc) is 3.41. The maximum atomic E-state index is 13.3. The summed E-state index contributed by atoms with van der Waals surface area (Å²) in [6, 6.07) is 1.26. The Morgan fingerprint density at radius 1 is 1.00 bits per heavy atom. The first-order valence-electron chi connectivity index (χ1n) is 12.0. The van der Waals surface area contributed by atoms with Crippen LogP contribution >= 0.6 is 0 Å². The quantitative estimate of drug-likeness (QED) is 0.517. The molecule has 4 rings (SSSR count). The van der Waals surface area contributed by atoms with Crippen molar-refractivity contribution in [2.75, 3.05) is 13.1 Å². The van der Waals surface area contributed by atoms with E-state index in [0.29, 0.717) is 31.6 Å². The molecular weight excluding hydrogens is 424 g/mol. The lowest BCUT2D eigenvalue weighted by molar-refractivity contribution is -0.132. The fraction of sp³-hybridized carbons (Fsp3) is 0.652. The Bertz CT molecular complexity index is 893. The van der Waals surface area contributed by atoms with Crippen molar-refractivity contribution in [3.63, 3.8) is 0 Å². The summed E-state index contributed by atoms with van der Waals surface area (Å²) in [6.07, 6.45) is 8.86. The van der Waals surface area contributed by atoms with E-state index < -0.39 is 24.0 Å². The van der Waals surface area contributed by atoms with E-state index in [1.165, 1.54) is 11.3 Å². The first kappa shape index (κ1) is 23.1.